The molecule has 2 aromatic rings. The molecule has 1 atom stereocenters. The largest absolute Gasteiger partial charge is 0.356 e. The van der Waals surface area contributed by atoms with Crippen LogP contribution in [0.25, 0.3) is 0 Å². The van der Waals surface area contributed by atoms with Gasteiger partial charge in [-0.25, -0.2) is 4.98 Å². The first kappa shape index (κ1) is 11.5. The first-order valence-corrected chi connectivity index (χ1v) is 6.62. The lowest BCUT2D eigenvalue weighted by Crippen LogP contribution is -2.20. The molecule has 1 fully saturated rings. The molecule has 1 aromatic carbocycles. The minimum Gasteiger partial charge on any atom is -0.356 e. The van der Waals surface area contributed by atoms with Gasteiger partial charge in [-0.1, -0.05) is 29.8 Å². The molecule has 0 saturated carbocycles. The number of halogens is 1. The number of pyridine rings is 1. The summed E-state index contributed by atoms with van der Waals surface area (Å²) < 4.78 is 0. The summed E-state index contributed by atoms with van der Waals surface area (Å²) in [5, 5.41) is 0.804. The van der Waals surface area contributed by atoms with E-state index < -0.39 is 0 Å². The lowest BCUT2D eigenvalue weighted by molar-refractivity contribution is 0.774. The van der Waals surface area contributed by atoms with E-state index in [4.69, 9.17) is 11.6 Å². The summed E-state index contributed by atoms with van der Waals surface area (Å²) in [6.07, 6.45) is 3.03. The van der Waals surface area contributed by atoms with Crippen LogP contribution in [0.2, 0.25) is 5.02 Å². The number of hydrogen-bond acceptors (Lipinski definition) is 2. The normalized spacial score (nSPS) is 19.2. The number of hydrogen-bond donors (Lipinski definition) is 0. The molecule has 0 amide bonds. The van der Waals surface area contributed by atoms with Gasteiger partial charge >= 0.3 is 0 Å². The Morgan fingerprint density at radius 3 is 2.67 bits per heavy atom. The van der Waals surface area contributed by atoms with Crippen LogP contribution in [0.3, 0.4) is 0 Å². The van der Waals surface area contributed by atoms with Crippen LogP contribution in [0, 0.1) is 0 Å². The van der Waals surface area contributed by atoms with Gasteiger partial charge in [0.05, 0.1) is 0 Å². The van der Waals surface area contributed by atoms with E-state index in [2.05, 4.69) is 28.1 Å². The van der Waals surface area contributed by atoms with Gasteiger partial charge in [0.1, 0.15) is 5.82 Å². The third kappa shape index (κ3) is 2.34. The maximum atomic E-state index is 5.92. The fourth-order valence-corrected chi connectivity index (χ4v) is 2.64. The summed E-state index contributed by atoms with van der Waals surface area (Å²) in [5.41, 5.74) is 1.37. The van der Waals surface area contributed by atoms with Gasteiger partial charge in [-0.05, 0) is 36.2 Å². The van der Waals surface area contributed by atoms with E-state index in [0.29, 0.717) is 5.92 Å². The predicted molar refractivity (Wildman–Crippen MR) is 75.3 cm³/mol. The summed E-state index contributed by atoms with van der Waals surface area (Å²) >= 11 is 5.92. The fourth-order valence-electron chi connectivity index (χ4n) is 2.52. The zero-order valence-electron chi connectivity index (χ0n) is 10.1. The second-order valence-corrected chi connectivity index (χ2v) is 5.11. The average Bonchev–Trinajstić information content (AvgIpc) is 2.90. The SMILES string of the molecule is Clc1ccc(C2CCN(c3ccccn3)C2)cc1. The Hall–Kier alpha value is -1.54. The van der Waals surface area contributed by atoms with Crippen molar-refractivity contribution >= 4 is 17.4 Å². The zero-order chi connectivity index (χ0) is 12.4. The molecular formula is C15H15ClN2. The Bertz CT molecular complexity index is 510. The highest BCUT2D eigenvalue weighted by Gasteiger charge is 2.24. The zero-order valence-corrected chi connectivity index (χ0v) is 10.8. The summed E-state index contributed by atoms with van der Waals surface area (Å²) in [6.45, 7) is 2.11. The number of nitrogens with zero attached hydrogens (tertiary/aromatic N) is 2. The van der Waals surface area contributed by atoms with Crippen molar-refractivity contribution in [3.8, 4) is 0 Å². The van der Waals surface area contributed by atoms with E-state index in [1.807, 2.05) is 30.5 Å². The standard InChI is InChI=1S/C15H15ClN2/c16-14-6-4-12(5-7-14)13-8-10-18(11-13)15-3-1-2-9-17-15/h1-7,9,13H,8,10-11H2. The molecule has 2 nitrogen and oxygen atoms in total. The van der Waals surface area contributed by atoms with Crippen LogP contribution in [0.1, 0.15) is 17.9 Å². The fraction of sp³-hybridized carbons (Fsp3) is 0.267. The minimum atomic E-state index is 0.587. The van der Waals surface area contributed by atoms with Crippen LogP contribution in [0.4, 0.5) is 5.82 Å². The highest BCUT2D eigenvalue weighted by atomic mass is 35.5. The van der Waals surface area contributed by atoms with Crippen molar-refractivity contribution in [2.75, 3.05) is 18.0 Å². The van der Waals surface area contributed by atoms with Crippen molar-refractivity contribution in [3.05, 3.63) is 59.2 Å². The molecule has 1 aliphatic rings. The van der Waals surface area contributed by atoms with E-state index in [1.165, 1.54) is 12.0 Å². The minimum absolute atomic E-state index is 0.587. The highest BCUT2D eigenvalue weighted by Crippen LogP contribution is 2.30. The van der Waals surface area contributed by atoms with Gasteiger partial charge in [0, 0.05) is 30.2 Å². The lowest BCUT2D eigenvalue weighted by Gasteiger charge is -2.17. The van der Waals surface area contributed by atoms with Crippen LogP contribution in [0.5, 0.6) is 0 Å². The first-order valence-electron chi connectivity index (χ1n) is 6.24. The molecule has 3 heteroatoms. The molecule has 1 aliphatic heterocycles. The molecule has 1 aromatic heterocycles. The molecule has 92 valence electrons. The van der Waals surface area contributed by atoms with Crippen LogP contribution >= 0.6 is 11.6 Å². The third-order valence-electron chi connectivity index (χ3n) is 3.50. The number of anilines is 1. The van der Waals surface area contributed by atoms with Gasteiger partial charge in [0.15, 0.2) is 0 Å². The molecule has 0 radical (unpaired) electrons. The van der Waals surface area contributed by atoms with E-state index in [1.54, 1.807) is 0 Å². The van der Waals surface area contributed by atoms with Crippen molar-refractivity contribution in [2.24, 2.45) is 0 Å². The molecule has 0 aliphatic carbocycles. The Kier molecular flexibility index (Phi) is 3.20. The Morgan fingerprint density at radius 1 is 1.11 bits per heavy atom. The molecule has 2 heterocycles. The van der Waals surface area contributed by atoms with Crippen LogP contribution in [0.15, 0.2) is 48.7 Å². The van der Waals surface area contributed by atoms with E-state index in [0.717, 1.165) is 23.9 Å². The van der Waals surface area contributed by atoms with Crippen molar-refractivity contribution in [2.45, 2.75) is 12.3 Å². The van der Waals surface area contributed by atoms with Gasteiger partial charge < -0.3 is 4.90 Å². The Labute approximate surface area is 112 Å². The summed E-state index contributed by atoms with van der Waals surface area (Å²) in [7, 11) is 0. The maximum Gasteiger partial charge on any atom is 0.128 e. The molecule has 18 heavy (non-hydrogen) atoms. The van der Waals surface area contributed by atoms with Crippen LogP contribution < -0.4 is 4.90 Å². The number of aromatic nitrogens is 1. The van der Waals surface area contributed by atoms with E-state index in [9.17, 15) is 0 Å². The quantitative estimate of drug-likeness (QED) is 0.816. The average molecular weight is 259 g/mol. The second kappa shape index (κ2) is 4.99. The van der Waals surface area contributed by atoms with Crippen molar-refractivity contribution in [1.29, 1.82) is 0 Å². The second-order valence-electron chi connectivity index (χ2n) is 4.67. The molecule has 0 bridgehead atoms. The molecule has 0 N–H and O–H groups in total. The predicted octanol–water partition coefficient (Wildman–Crippen LogP) is 3.73. The highest BCUT2D eigenvalue weighted by molar-refractivity contribution is 6.30. The molecule has 1 saturated heterocycles. The van der Waals surface area contributed by atoms with Crippen molar-refractivity contribution in [3.63, 3.8) is 0 Å². The van der Waals surface area contributed by atoms with Crippen LogP contribution in [-0.2, 0) is 0 Å². The monoisotopic (exact) mass is 258 g/mol. The van der Waals surface area contributed by atoms with Gasteiger partial charge in [-0.2, -0.15) is 0 Å². The van der Waals surface area contributed by atoms with E-state index >= 15 is 0 Å². The van der Waals surface area contributed by atoms with E-state index in [-0.39, 0.29) is 0 Å². The topological polar surface area (TPSA) is 16.1 Å². The summed E-state index contributed by atoms with van der Waals surface area (Å²) in [5.74, 6) is 1.67. The Morgan fingerprint density at radius 2 is 1.94 bits per heavy atom. The third-order valence-corrected chi connectivity index (χ3v) is 3.75. The van der Waals surface area contributed by atoms with Gasteiger partial charge in [-0.15, -0.1) is 0 Å². The van der Waals surface area contributed by atoms with Crippen LogP contribution in [-0.4, -0.2) is 18.1 Å². The molecule has 0 spiro atoms. The van der Waals surface area contributed by atoms with Crippen molar-refractivity contribution in [1.82, 2.24) is 4.98 Å². The van der Waals surface area contributed by atoms with Crippen molar-refractivity contribution < 1.29 is 0 Å². The van der Waals surface area contributed by atoms with Gasteiger partial charge in [0.2, 0.25) is 0 Å². The maximum absolute atomic E-state index is 5.92. The first-order chi connectivity index (χ1) is 8.83. The summed E-state index contributed by atoms with van der Waals surface area (Å²) in [6, 6.07) is 14.3. The number of rotatable bonds is 2. The van der Waals surface area contributed by atoms with Gasteiger partial charge in [-0.3, -0.25) is 0 Å². The number of benzene rings is 1. The Balaban J connectivity index is 1.74. The molecule has 1 unspecified atom stereocenters. The lowest BCUT2D eigenvalue weighted by atomic mass is 9.99. The van der Waals surface area contributed by atoms with Gasteiger partial charge in [0.25, 0.3) is 0 Å². The molecular weight excluding hydrogens is 244 g/mol. The smallest absolute Gasteiger partial charge is 0.128 e. The molecule has 3 rings (SSSR count). The summed E-state index contributed by atoms with van der Waals surface area (Å²) in [4.78, 5) is 6.75.